The molecule has 0 spiro atoms. The molecule has 0 amide bonds. The Morgan fingerprint density at radius 1 is 1.40 bits per heavy atom. The molecule has 0 atom stereocenters. The van der Waals surface area contributed by atoms with E-state index in [-0.39, 0.29) is 5.97 Å². The summed E-state index contributed by atoms with van der Waals surface area (Å²) in [6.45, 7) is 2.96. The van der Waals surface area contributed by atoms with Crippen molar-refractivity contribution < 1.29 is 9.53 Å². The molecule has 0 saturated carbocycles. The van der Waals surface area contributed by atoms with Crippen LogP contribution in [0.25, 0.3) is 0 Å². The number of fused-ring (bicyclic) bond motifs is 1. The number of nitrogens with zero attached hydrogens (tertiary/aromatic N) is 3. The summed E-state index contributed by atoms with van der Waals surface area (Å²) in [5.41, 5.74) is 0.718. The Morgan fingerprint density at radius 3 is 3.00 bits per heavy atom. The molecule has 5 nitrogen and oxygen atoms in total. The highest BCUT2D eigenvalue weighted by molar-refractivity contribution is 7.99. The van der Waals surface area contributed by atoms with Crippen LogP contribution in [0.3, 0.4) is 0 Å². The second-order valence-electron chi connectivity index (χ2n) is 4.75. The smallest absolute Gasteiger partial charge is 0.333 e. The zero-order valence-corrected chi connectivity index (χ0v) is 12.9. The van der Waals surface area contributed by atoms with E-state index >= 15 is 0 Å². The first-order chi connectivity index (χ1) is 9.76. The first-order valence-electron chi connectivity index (χ1n) is 7.08. The minimum Gasteiger partial charge on any atom is -0.466 e. The lowest BCUT2D eigenvalue weighted by Crippen LogP contribution is -2.05. The van der Waals surface area contributed by atoms with E-state index in [9.17, 15) is 4.79 Å². The van der Waals surface area contributed by atoms with Gasteiger partial charge in [-0.3, -0.25) is 0 Å². The molecule has 2 rings (SSSR count). The Hall–Kier alpha value is -1.30. The number of rotatable bonds is 5. The first-order valence-corrected chi connectivity index (χ1v) is 8.07. The minimum atomic E-state index is -0.242. The molecule has 1 aromatic heterocycles. The zero-order valence-electron chi connectivity index (χ0n) is 12.1. The number of ether oxygens (including phenoxy) is 1. The van der Waals surface area contributed by atoms with Gasteiger partial charge in [-0.25, -0.2) is 4.79 Å². The molecule has 1 aliphatic rings. The van der Waals surface area contributed by atoms with Crippen LogP contribution in [0.2, 0.25) is 0 Å². The van der Waals surface area contributed by atoms with Gasteiger partial charge in [0.25, 0.3) is 0 Å². The molecule has 0 unspecified atom stereocenters. The lowest BCUT2D eigenvalue weighted by atomic mass is 10.2. The summed E-state index contributed by atoms with van der Waals surface area (Å²) in [6.07, 6.45) is 7.28. The van der Waals surface area contributed by atoms with E-state index in [0.29, 0.717) is 6.42 Å². The highest BCUT2D eigenvalue weighted by Gasteiger charge is 2.14. The molecule has 0 aromatic carbocycles. The van der Waals surface area contributed by atoms with Crippen LogP contribution in [0.4, 0.5) is 0 Å². The van der Waals surface area contributed by atoms with Crippen LogP contribution < -0.4 is 0 Å². The van der Waals surface area contributed by atoms with Crippen LogP contribution in [-0.2, 0) is 22.5 Å². The number of aromatic nitrogens is 3. The molecule has 0 aliphatic carbocycles. The van der Waals surface area contributed by atoms with Crippen molar-refractivity contribution in [1.82, 2.24) is 14.8 Å². The van der Waals surface area contributed by atoms with Crippen LogP contribution in [0.15, 0.2) is 16.8 Å². The van der Waals surface area contributed by atoms with Gasteiger partial charge in [0.2, 0.25) is 0 Å². The molecule has 0 bridgehead atoms. The van der Waals surface area contributed by atoms with Gasteiger partial charge in [-0.15, -0.1) is 10.2 Å². The average Bonchev–Trinajstić information content (AvgIpc) is 2.70. The fourth-order valence-corrected chi connectivity index (χ4v) is 3.17. The number of esters is 1. The van der Waals surface area contributed by atoms with Crippen LogP contribution in [-0.4, -0.2) is 33.6 Å². The summed E-state index contributed by atoms with van der Waals surface area (Å²) >= 11 is 1.63. The van der Waals surface area contributed by atoms with Gasteiger partial charge in [-0.05, 0) is 19.3 Å². The predicted molar refractivity (Wildman–Crippen MR) is 78.7 cm³/mol. The highest BCUT2D eigenvalue weighted by Crippen LogP contribution is 2.22. The molecule has 1 aromatic rings. The second-order valence-corrected chi connectivity index (χ2v) is 5.73. The molecule has 0 fully saturated rings. The quantitative estimate of drug-likeness (QED) is 0.475. The van der Waals surface area contributed by atoms with E-state index in [1.165, 1.54) is 26.4 Å². The summed E-state index contributed by atoms with van der Waals surface area (Å²) in [5.74, 6) is 1.57. The number of hydrogen-bond donors (Lipinski definition) is 0. The molecule has 110 valence electrons. The first kappa shape index (κ1) is 15.1. The molecular formula is C14H21N3O2S. The van der Waals surface area contributed by atoms with Crippen LogP contribution in [0.1, 0.15) is 38.4 Å². The highest BCUT2D eigenvalue weighted by atomic mass is 32.2. The summed E-state index contributed by atoms with van der Waals surface area (Å²) in [6, 6.07) is 0. The van der Waals surface area contributed by atoms with Gasteiger partial charge in [-0.2, -0.15) is 0 Å². The van der Waals surface area contributed by atoms with Crippen molar-refractivity contribution in [2.45, 2.75) is 50.7 Å². The van der Waals surface area contributed by atoms with E-state index in [4.69, 9.17) is 4.74 Å². The summed E-state index contributed by atoms with van der Waals surface area (Å²) in [7, 11) is 1.41. The summed E-state index contributed by atoms with van der Waals surface area (Å²) in [4.78, 5) is 11.5. The molecule has 6 heteroatoms. The number of carbonyl (C=O) groups excluding carboxylic acids is 1. The van der Waals surface area contributed by atoms with Crippen molar-refractivity contribution in [2.75, 3.05) is 12.9 Å². The summed E-state index contributed by atoms with van der Waals surface area (Å²) < 4.78 is 6.97. The van der Waals surface area contributed by atoms with Crippen molar-refractivity contribution >= 4 is 17.7 Å². The van der Waals surface area contributed by atoms with E-state index in [0.717, 1.165) is 35.3 Å². The Kier molecular flexibility index (Phi) is 5.64. The summed E-state index contributed by atoms with van der Waals surface area (Å²) in [5, 5.41) is 9.48. The maximum atomic E-state index is 11.5. The lowest BCUT2D eigenvalue weighted by molar-refractivity contribution is -0.136. The van der Waals surface area contributed by atoms with Gasteiger partial charge < -0.3 is 9.30 Å². The molecule has 0 N–H and O–H groups in total. The Morgan fingerprint density at radius 2 is 2.25 bits per heavy atom. The number of carbonyl (C=O) groups is 1. The van der Waals surface area contributed by atoms with Crippen molar-refractivity contribution in [2.24, 2.45) is 0 Å². The lowest BCUT2D eigenvalue weighted by Gasteiger charge is -2.05. The molecule has 20 heavy (non-hydrogen) atoms. The van der Waals surface area contributed by atoms with E-state index in [1.54, 1.807) is 11.8 Å². The minimum absolute atomic E-state index is 0.242. The predicted octanol–water partition coefficient (Wildman–Crippen LogP) is 2.61. The Labute approximate surface area is 123 Å². The second kappa shape index (κ2) is 7.47. The Balaban J connectivity index is 1.99. The number of thioether (sulfide) groups is 1. The fraction of sp³-hybridized carbons (Fsp3) is 0.643. The van der Waals surface area contributed by atoms with Gasteiger partial charge in [0, 0.05) is 24.3 Å². The number of hydrogen-bond acceptors (Lipinski definition) is 5. The molecule has 1 aliphatic heterocycles. The average molecular weight is 295 g/mol. The van der Waals surface area contributed by atoms with Gasteiger partial charge in [-0.1, -0.05) is 31.2 Å². The van der Waals surface area contributed by atoms with Crippen molar-refractivity contribution in [3.8, 4) is 0 Å². The van der Waals surface area contributed by atoms with Crippen LogP contribution >= 0.6 is 11.8 Å². The Bertz CT molecular complexity index is 497. The van der Waals surface area contributed by atoms with Crippen molar-refractivity contribution in [3.05, 3.63) is 17.5 Å². The maximum Gasteiger partial charge on any atom is 0.333 e. The van der Waals surface area contributed by atoms with Gasteiger partial charge in [0.05, 0.1) is 7.11 Å². The van der Waals surface area contributed by atoms with Gasteiger partial charge in [0.15, 0.2) is 5.16 Å². The molecule has 0 radical (unpaired) electrons. The fourth-order valence-electron chi connectivity index (χ4n) is 2.29. The van der Waals surface area contributed by atoms with Gasteiger partial charge in [0.1, 0.15) is 5.82 Å². The van der Waals surface area contributed by atoms with E-state index in [1.807, 2.05) is 13.0 Å². The van der Waals surface area contributed by atoms with Crippen molar-refractivity contribution in [3.63, 3.8) is 0 Å². The normalized spacial score (nSPS) is 15.6. The third-order valence-electron chi connectivity index (χ3n) is 3.45. The van der Waals surface area contributed by atoms with Crippen molar-refractivity contribution in [1.29, 1.82) is 0 Å². The van der Waals surface area contributed by atoms with Gasteiger partial charge >= 0.3 is 5.97 Å². The van der Waals surface area contributed by atoms with Crippen LogP contribution in [0.5, 0.6) is 0 Å². The molecule has 0 saturated heterocycles. The molecule has 2 heterocycles. The van der Waals surface area contributed by atoms with Crippen LogP contribution in [0, 0.1) is 0 Å². The largest absolute Gasteiger partial charge is 0.466 e. The third-order valence-corrected chi connectivity index (χ3v) is 4.34. The standard InChI is InChI=1S/C14H21N3O2S/c1-3-11(13(18)19-2)8-10-20-14-16-15-12-7-5-4-6-9-17(12)14/h8H,3-7,9-10H2,1-2H3. The topological polar surface area (TPSA) is 57.0 Å². The third kappa shape index (κ3) is 3.62. The molecular weight excluding hydrogens is 274 g/mol. The number of methoxy groups -OCH3 is 1. The maximum absolute atomic E-state index is 11.5. The van der Waals surface area contributed by atoms with E-state index < -0.39 is 0 Å². The van der Waals surface area contributed by atoms with E-state index in [2.05, 4.69) is 14.8 Å². The SMILES string of the molecule is CCC(=CCSc1nnc2n1CCCCC2)C(=O)OC. The monoisotopic (exact) mass is 295 g/mol. The number of aryl methyl sites for hydroxylation is 1. The zero-order chi connectivity index (χ0) is 14.4.